The molecule has 0 saturated heterocycles. The van der Waals surface area contributed by atoms with Crippen LogP contribution in [0.3, 0.4) is 0 Å². The summed E-state index contributed by atoms with van der Waals surface area (Å²) in [6.07, 6.45) is 0.883. The third-order valence-electron chi connectivity index (χ3n) is 4.00. The van der Waals surface area contributed by atoms with Gasteiger partial charge in [-0.2, -0.15) is 0 Å². The Morgan fingerprint density at radius 1 is 1.07 bits per heavy atom. The maximum absolute atomic E-state index is 6.18. The molecule has 0 amide bonds. The van der Waals surface area contributed by atoms with Gasteiger partial charge in [0, 0.05) is 5.75 Å². The molecule has 3 aromatic rings. The molecule has 0 atom stereocenters. The van der Waals surface area contributed by atoms with E-state index < -0.39 is 0 Å². The lowest BCUT2D eigenvalue weighted by molar-refractivity contribution is 0.318. The normalized spacial score (nSPS) is 10.8. The average Bonchev–Trinajstić information content (AvgIpc) is 3.01. The molecule has 0 aliphatic rings. The molecule has 0 bridgehead atoms. The Hall–Kier alpha value is -2.67. The molecule has 1 aromatic heterocycles. The summed E-state index contributed by atoms with van der Waals surface area (Å²) in [6.45, 7) is 4.79. The summed E-state index contributed by atoms with van der Waals surface area (Å²) in [4.78, 5) is 0. The zero-order valence-corrected chi connectivity index (χ0v) is 16.6. The van der Waals surface area contributed by atoms with Gasteiger partial charge >= 0.3 is 0 Å². The van der Waals surface area contributed by atoms with Gasteiger partial charge in [0.2, 0.25) is 5.16 Å². The van der Waals surface area contributed by atoms with Crippen LogP contribution in [0.15, 0.2) is 47.6 Å². The SMILES string of the molecule is COc1ccccc1-c1nnc(SCCCOc2cc(C)cc(C)c2)n1N. The number of nitrogen functional groups attached to an aromatic ring is 1. The number of nitrogens with zero attached hydrogens (tertiary/aromatic N) is 3. The molecule has 0 saturated carbocycles. The number of benzene rings is 2. The van der Waals surface area contributed by atoms with Gasteiger partial charge in [0.25, 0.3) is 0 Å². The first-order valence-electron chi connectivity index (χ1n) is 8.76. The number of rotatable bonds is 8. The number of aromatic nitrogens is 3. The summed E-state index contributed by atoms with van der Waals surface area (Å²) in [7, 11) is 1.63. The number of para-hydroxylation sites is 1. The summed E-state index contributed by atoms with van der Waals surface area (Å²) < 4.78 is 12.7. The Bertz CT molecular complexity index is 890. The lowest BCUT2D eigenvalue weighted by atomic mass is 10.1. The highest BCUT2D eigenvalue weighted by Gasteiger charge is 2.15. The second-order valence-corrected chi connectivity index (χ2v) is 7.31. The van der Waals surface area contributed by atoms with Crippen molar-refractivity contribution in [1.29, 1.82) is 0 Å². The van der Waals surface area contributed by atoms with Gasteiger partial charge in [-0.1, -0.05) is 30.0 Å². The van der Waals surface area contributed by atoms with Crippen molar-refractivity contribution < 1.29 is 9.47 Å². The molecular formula is C20H24N4O2S. The van der Waals surface area contributed by atoms with E-state index in [0.717, 1.165) is 29.2 Å². The molecule has 1 heterocycles. The van der Waals surface area contributed by atoms with E-state index in [0.29, 0.717) is 17.6 Å². The Labute approximate surface area is 163 Å². The van der Waals surface area contributed by atoms with Crippen molar-refractivity contribution >= 4 is 11.8 Å². The van der Waals surface area contributed by atoms with E-state index in [-0.39, 0.29) is 0 Å². The quantitative estimate of drug-likeness (QED) is 0.361. The van der Waals surface area contributed by atoms with E-state index in [1.54, 1.807) is 18.9 Å². The van der Waals surface area contributed by atoms with Gasteiger partial charge < -0.3 is 15.3 Å². The van der Waals surface area contributed by atoms with E-state index >= 15 is 0 Å². The Kier molecular flexibility index (Phi) is 6.24. The van der Waals surface area contributed by atoms with E-state index in [1.165, 1.54) is 15.8 Å². The number of hydrogen-bond acceptors (Lipinski definition) is 6. The number of ether oxygens (including phenoxy) is 2. The van der Waals surface area contributed by atoms with Gasteiger partial charge in [0.15, 0.2) is 5.82 Å². The van der Waals surface area contributed by atoms with Crippen LogP contribution in [0.2, 0.25) is 0 Å². The van der Waals surface area contributed by atoms with Gasteiger partial charge in [-0.15, -0.1) is 10.2 Å². The summed E-state index contributed by atoms with van der Waals surface area (Å²) in [5, 5.41) is 9.09. The van der Waals surface area contributed by atoms with Crippen LogP contribution < -0.4 is 15.3 Å². The number of methoxy groups -OCH3 is 1. The smallest absolute Gasteiger partial charge is 0.210 e. The molecule has 0 aliphatic heterocycles. The molecule has 27 heavy (non-hydrogen) atoms. The number of thioether (sulfide) groups is 1. The van der Waals surface area contributed by atoms with Crippen molar-refractivity contribution in [1.82, 2.24) is 14.9 Å². The largest absolute Gasteiger partial charge is 0.496 e. The number of hydrogen-bond donors (Lipinski definition) is 1. The van der Waals surface area contributed by atoms with Gasteiger partial charge in [-0.05, 0) is 55.7 Å². The van der Waals surface area contributed by atoms with Crippen molar-refractivity contribution in [3.05, 3.63) is 53.6 Å². The third kappa shape index (κ3) is 4.74. The van der Waals surface area contributed by atoms with Crippen molar-refractivity contribution in [2.45, 2.75) is 25.4 Å². The van der Waals surface area contributed by atoms with Crippen LogP contribution in [0.25, 0.3) is 11.4 Å². The maximum atomic E-state index is 6.18. The fraction of sp³-hybridized carbons (Fsp3) is 0.300. The highest BCUT2D eigenvalue weighted by molar-refractivity contribution is 7.99. The molecule has 0 aliphatic carbocycles. The summed E-state index contributed by atoms with van der Waals surface area (Å²) >= 11 is 1.56. The average molecular weight is 385 g/mol. The predicted octanol–water partition coefficient (Wildman–Crippen LogP) is 3.85. The zero-order valence-electron chi connectivity index (χ0n) is 15.8. The van der Waals surface area contributed by atoms with Crippen LogP contribution in [0.1, 0.15) is 17.5 Å². The Morgan fingerprint density at radius 2 is 1.81 bits per heavy atom. The van der Waals surface area contributed by atoms with Crippen LogP contribution in [0, 0.1) is 13.8 Å². The van der Waals surface area contributed by atoms with Gasteiger partial charge in [-0.3, -0.25) is 0 Å². The van der Waals surface area contributed by atoms with Crippen LogP contribution in [0.5, 0.6) is 11.5 Å². The van der Waals surface area contributed by atoms with E-state index in [9.17, 15) is 0 Å². The molecule has 2 N–H and O–H groups in total. The monoisotopic (exact) mass is 384 g/mol. The minimum absolute atomic E-state index is 0.585. The first-order chi connectivity index (χ1) is 13.1. The van der Waals surface area contributed by atoms with Gasteiger partial charge in [-0.25, -0.2) is 4.68 Å². The first-order valence-corrected chi connectivity index (χ1v) is 9.75. The summed E-state index contributed by atoms with van der Waals surface area (Å²) in [6, 6.07) is 13.9. The van der Waals surface area contributed by atoms with E-state index in [2.05, 4.69) is 42.2 Å². The standard InChI is InChI=1S/C20H24N4O2S/c1-14-11-15(2)13-16(12-14)26-9-6-10-27-20-23-22-19(24(20)21)17-7-4-5-8-18(17)25-3/h4-5,7-8,11-13H,6,9-10,21H2,1-3H3. The van der Waals surface area contributed by atoms with Crippen LogP contribution >= 0.6 is 11.8 Å². The second-order valence-electron chi connectivity index (χ2n) is 6.25. The topological polar surface area (TPSA) is 75.2 Å². The molecule has 0 fully saturated rings. The van der Waals surface area contributed by atoms with Crippen LogP contribution in [-0.4, -0.2) is 34.3 Å². The molecule has 7 heteroatoms. The van der Waals surface area contributed by atoms with Crippen molar-refractivity contribution in [3.8, 4) is 22.9 Å². The van der Waals surface area contributed by atoms with Gasteiger partial charge in [0.05, 0.1) is 19.3 Å². The zero-order chi connectivity index (χ0) is 19.2. The predicted molar refractivity (Wildman–Crippen MR) is 109 cm³/mol. The van der Waals surface area contributed by atoms with Crippen LogP contribution in [-0.2, 0) is 0 Å². The third-order valence-corrected chi connectivity index (χ3v) is 5.03. The lowest BCUT2D eigenvalue weighted by Crippen LogP contribution is -2.12. The van der Waals surface area contributed by atoms with Crippen molar-refractivity contribution in [2.75, 3.05) is 25.3 Å². The van der Waals surface area contributed by atoms with Crippen molar-refractivity contribution in [3.63, 3.8) is 0 Å². The molecular weight excluding hydrogens is 360 g/mol. The lowest BCUT2D eigenvalue weighted by Gasteiger charge is -2.09. The number of aryl methyl sites for hydroxylation is 2. The highest BCUT2D eigenvalue weighted by atomic mass is 32.2. The molecule has 3 rings (SSSR count). The van der Waals surface area contributed by atoms with Crippen LogP contribution in [0.4, 0.5) is 0 Å². The first kappa shape index (κ1) is 19.1. The Morgan fingerprint density at radius 3 is 2.56 bits per heavy atom. The molecule has 6 nitrogen and oxygen atoms in total. The highest BCUT2D eigenvalue weighted by Crippen LogP contribution is 2.29. The second kappa shape index (κ2) is 8.81. The number of nitrogens with two attached hydrogens (primary N) is 1. The van der Waals surface area contributed by atoms with E-state index in [4.69, 9.17) is 15.3 Å². The molecule has 0 radical (unpaired) electrons. The fourth-order valence-electron chi connectivity index (χ4n) is 2.82. The fourth-order valence-corrected chi connectivity index (χ4v) is 3.59. The molecule has 0 spiro atoms. The van der Waals surface area contributed by atoms with E-state index in [1.807, 2.05) is 24.3 Å². The minimum Gasteiger partial charge on any atom is -0.496 e. The summed E-state index contributed by atoms with van der Waals surface area (Å²) in [5.74, 6) is 9.24. The molecule has 142 valence electrons. The molecule has 0 unspecified atom stereocenters. The molecule has 2 aromatic carbocycles. The maximum Gasteiger partial charge on any atom is 0.210 e. The Balaban J connectivity index is 1.54. The van der Waals surface area contributed by atoms with Gasteiger partial charge in [0.1, 0.15) is 11.5 Å². The summed E-state index contributed by atoms with van der Waals surface area (Å²) in [5.41, 5.74) is 3.24. The van der Waals surface area contributed by atoms with Crippen molar-refractivity contribution in [2.24, 2.45) is 0 Å². The minimum atomic E-state index is 0.585.